The summed E-state index contributed by atoms with van der Waals surface area (Å²) in [6, 6.07) is 23.7. The molecule has 0 spiro atoms. The lowest BCUT2D eigenvalue weighted by Crippen LogP contribution is -2.51. The Labute approximate surface area is 175 Å². The Balaban J connectivity index is 1.94. The third-order valence-electron chi connectivity index (χ3n) is 5.30. The summed E-state index contributed by atoms with van der Waals surface area (Å²) < 4.78 is 18.1. The van der Waals surface area contributed by atoms with Crippen molar-refractivity contribution < 1.29 is 18.7 Å². The highest BCUT2D eigenvalue weighted by Crippen LogP contribution is 2.32. The molecule has 154 valence electrons. The van der Waals surface area contributed by atoms with Gasteiger partial charge in [0.25, 0.3) is 0 Å². The Hall–Kier alpha value is -3.47. The molecule has 0 heterocycles. The van der Waals surface area contributed by atoms with Crippen LogP contribution in [0, 0.1) is 5.82 Å². The lowest BCUT2D eigenvalue weighted by Gasteiger charge is -2.31. The van der Waals surface area contributed by atoms with Crippen LogP contribution in [0.2, 0.25) is 0 Å². The van der Waals surface area contributed by atoms with Gasteiger partial charge in [-0.3, -0.25) is 4.79 Å². The van der Waals surface area contributed by atoms with Gasteiger partial charge in [0.15, 0.2) is 0 Å². The minimum Gasteiger partial charge on any atom is -0.467 e. The summed E-state index contributed by atoms with van der Waals surface area (Å²) in [6.45, 7) is 1.83. The highest BCUT2D eigenvalue weighted by atomic mass is 19.1. The molecule has 0 radical (unpaired) electrons. The maximum absolute atomic E-state index is 13.6. The summed E-state index contributed by atoms with van der Waals surface area (Å²) in [6.07, 6.45) is 0.193. The molecule has 5 heteroatoms. The SMILES string of the molecule is COC(=O)[C@H](Cc1ccc(F)cc1)NC(=O)C(C)(c1ccccc1)c1ccccc1. The van der Waals surface area contributed by atoms with Crippen LogP contribution in [0.1, 0.15) is 23.6 Å². The maximum Gasteiger partial charge on any atom is 0.328 e. The second-order valence-electron chi connectivity index (χ2n) is 7.24. The van der Waals surface area contributed by atoms with Crippen LogP contribution in [0.4, 0.5) is 4.39 Å². The Morgan fingerprint density at radius 1 is 0.900 bits per heavy atom. The molecule has 0 aliphatic rings. The topological polar surface area (TPSA) is 55.4 Å². The van der Waals surface area contributed by atoms with E-state index in [9.17, 15) is 14.0 Å². The molecular formula is C25H24FNO3. The van der Waals surface area contributed by atoms with Crippen LogP contribution >= 0.6 is 0 Å². The van der Waals surface area contributed by atoms with E-state index in [1.165, 1.54) is 19.2 Å². The summed E-state index contributed by atoms with van der Waals surface area (Å²) in [4.78, 5) is 26.0. The zero-order valence-electron chi connectivity index (χ0n) is 17.0. The van der Waals surface area contributed by atoms with Crippen molar-refractivity contribution in [2.75, 3.05) is 7.11 Å². The van der Waals surface area contributed by atoms with Gasteiger partial charge in [0, 0.05) is 6.42 Å². The number of carbonyl (C=O) groups is 2. The second kappa shape index (κ2) is 9.35. The minimum atomic E-state index is -1.02. The van der Waals surface area contributed by atoms with E-state index >= 15 is 0 Å². The highest BCUT2D eigenvalue weighted by Gasteiger charge is 2.39. The number of nitrogens with one attached hydrogen (secondary N) is 1. The van der Waals surface area contributed by atoms with Crippen molar-refractivity contribution in [1.82, 2.24) is 5.32 Å². The number of amides is 1. The van der Waals surface area contributed by atoms with Crippen molar-refractivity contribution in [3.63, 3.8) is 0 Å². The van der Waals surface area contributed by atoms with Crippen molar-refractivity contribution in [2.24, 2.45) is 0 Å². The first-order chi connectivity index (χ1) is 14.4. The van der Waals surface area contributed by atoms with Crippen LogP contribution < -0.4 is 5.32 Å². The molecule has 0 saturated carbocycles. The summed E-state index contributed by atoms with van der Waals surface area (Å²) in [7, 11) is 1.28. The van der Waals surface area contributed by atoms with Gasteiger partial charge in [-0.15, -0.1) is 0 Å². The van der Waals surface area contributed by atoms with Crippen LogP contribution in [0.5, 0.6) is 0 Å². The smallest absolute Gasteiger partial charge is 0.328 e. The zero-order valence-corrected chi connectivity index (χ0v) is 17.0. The number of hydrogen-bond acceptors (Lipinski definition) is 3. The number of halogens is 1. The molecule has 3 rings (SSSR count). The number of esters is 1. The fourth-order valence-corrected chi connectivity index (χ4v) is 3.47. The van der Waals surface area contributed by atoms with Gasteiger partial charge in [0.1, 0.15) is 11.9 Å². The van der Waals surface area contributed by atoms with E-state index < -0.39 is 17.4 Å². The first kappa shape index (κ1) is 21.2. The predicted molar refractivity (Wildman–Crippen MR) is 113 cm³/mol. The van der Waals surface area contributed by atoms with Gasteiger partial charge in [-0.2, -0.15) is 0 Å². The molecule has 3 aromatic rings. The number of benzene rings is 3. The molecule has 0 fully saturated rings. The van der Waals surface area contributed by atoms with E-state index in [0.717, 1.165) is 11.1 Å². The van der Waals surface area contributed by atoms with Crippen molar-refractivity contribution >= 4 is 11.9 Å². The third-order valence-corrected chi connectivity index (χ3v) is 5.30. The Morgan fingerprint density at radius 2 is 1.40 bits per heavy atom. The van der Waals surface area contributed by atoms with Gasteiger partial charge in [-0.05, 0) is 35.7 Å². The second-order valence-corrected chi connectivity index (χ2v) is 7.24. The molecule has 0 saturated heterocycles. The largest absolute Gasteiger partial charge is 0.467 e. The van der Waals surface area contributed by atoms with Crippen LogP contribution in [-0.2, 0) is 26.2 Å². The van der Waals surface area contributed by atoms with E-state index in [4.69, 9.17) is 4.74 Å². The molecule has 4 nitrogen and oxygen atoms in total. The summed E-state index contributed by atoms with van der Waals surface area (Å²) in [5.41, 5.74) is 1.31. The van der Waals surface area contributed by atoms with Crippen molar-refractivity contribution in [2.45, 2.75) is 24.8 Å². The fraction of sp³-hybridized carbons (Fsp3) is 0.200. The zero-order chi connectivity index (χ0) is 21.6. The fourth-order valence-electron chi connectivity index (χ4n) is 3.47. The first-order valence-electron chi connectivity index (χ1n) is 9.69. The average molecular weight is 405 g/mol. The van der Waals surface area contributed by atoms with Crippen molar-refractivity contribution in [3.05, 3.63) is 107 Å². The summed E-state index contributed by atoms with van der Waals surface area (Å²) in [5.74, 6) is -1.24. The van der Waals surface area contributed by atoms with Crippen LogP contribution in [0.25, 0.3) is 0 Å². The van der Waals surface area contributed by atoms with Gasteiger partial charge in [-0.1, -0.05) is 72.8 Å². The summed E-state index contributed by atoms with van der Waals surface area (Å²) >= 11 is 0. The Bertz CT molecular complexity index is 948. The van der Waals surface area contributed by atoms with Gasteiger partial charge >= 0.3 is 5.97 Å². The van der Waals surface area contributed by atoms with Gasteiger partial charge < -0.3 is 10.1 Å². The molecule has 0 aliphatic carbocycles. The van der Waals surface area contributed by atoms with E-state index in [1.54, 1.807) is 12.1 Å². The monoisotopic (exact) mass is 405 g/mol. The van der Waals surface area contributed by atoms with Crippen LogP contribution in [0.3, 0.4) is 0 Å². The summed E-state index contributed by atoms with van der Waals surface area (Å²) in [5, 5.41) is 2.86. The molecule has 3 aromatic carbocycles. The molecule has 1 amide bonds. The number of carbonyl (C=O) groups excluding carboxylic acids is 2. The van der Waals surface area contributed by atoms with E-state index in [1.807, 2.05) is 67.6 Å². The molecule has 1 atom stereocenters. The maximum atomic E-state index is 13.6. The van der Waals surface area contributed by atoms with Crippen LogP contribution in [0.15, 0.2) is 84.9 Å². The molecule has 0 aliphatic heterocycles. The number of methoxy groups -OCH3 is 1. The lowest BCUT2D eigenvalue weighted by molar-refractivity contribution is -0.145. The molecular weight excluding hydrogens is 381 g/mol. The molecule has 30 heavy (non-hydrogen) atoms. The molecule has 0 bridgehead atoms. The minimum absolute atomic E-state index is 0.193. The van der Waals surface area contributed by atoms with Crippen LogP contribution in [-0.4, -0.2) is 25.0 Å². The number of rotatable bonds is 7. The predicted octanol–water partition coefficient (Wildman–Crippen LogP) is 4.03. The lowest BCUT2D eigenvalue weighted by atomic mass is 9.75. The molecule has 1 N–H and O–H groups in total. The van der Waals surface area contributed by atoms with E-state index in [-0.39, 0.29) is 18.1 Å². The highest BCUT2D eigenvalue weighted by molar-refractivity contribution is 5.94. The average Bonchev–Trinajstić information content (AvgIpc) is 2.80. The van der Waals surface area contributed by atoms with Gasteiger partial charge in [0.2, 0.25) is 5.91 Å². The molecule has 0 unspecified atom stereocenters. The van der Waals surface area contributed by atoms with E-state index in [0.29, 0.717) is 5.56 Å². The normalized spacial score (nSPS) is 12.1. The number of ether oxygens (including phenoxy) is 1. The number of hydrogen-bond donors (Lipinski definition) is 1. The van der Waals surface area contributed by atoms with Crippen molar-refractivity contribution in [1.29, 1.82) is 0 Å². The third kappa shape index (κ3) is 4.57. The van der Waals surface area contributed by atoms with Crippen molar-refractivity contribution in [3.8, 4) is 0 Å². The van der Waals surface area contributed by atoms with Gasteiger partial charge in [0.05, 0.1) is 12.5 Å². The van der Waals surface area contributed by atoms with Gasteiger partial charge in [-0.25, -0.2) is 9.18 Å². The Morgan fingerprint density at radius 3 is 1.87 bits per heavy atom. The van der Waals surface area contributed by atoms with E-state index in [2.05, 4.69) is 5.32 Å². The quantitative estimate of drug-likeness (QED) is 0.604. The first-order valence-corrected chi connectivity index (χ1v) is 9.69. The standard InChI is InChI=1S/C25H24FNO3/c1-25(19-9-5-3-6-10-19,20-11-7-4-8-12-20)24(29)27-22(23(28)30-2)17-18-13-15-21(26)16-14-18/h3-16,22H,17H2,1-2H3,(H,27,29)/t22-/m0/s1. The molecule has 0 aromatic heterocycles. The Kier molecular flexibility index (Phi) is 6.62.